The van der Waals surface area contributed by atoms with Gasteiger partial charge in [0.05, 0.1) is 8.47 Å². The minimum absolute atomic E-state index is 1.39. The summed E-state index contributed by atoms with van der Waals surface area (Å²) in [7, 11) is 2.16. The standard InChI is InChI=1S/C13H15NS4/c1-6-10-11(7(2)14(6)5)18-13(17-10)12-15-8(3)9(4)16-12/h1-5H3. The van der Waals surface area contributed by atoms with Crippen molar-refractivity contribution in [1.82, 2.24) is 4.57 Å². The number of hydrogen-bond donors (Lipinski definition) is 0. The highest BCUT2D eigenvalue weighted by Crippen LogP contribution is 2.61. The molecule has 3 rings (SSSR count). The molecule has 0 fully saturated rings. The molecular weight excluding hydrogens is 298 g/mol. The summed E-state index contributed by atoms with van der Waals surface area (Å²) in [4.78, 5) is 5.83. The summed E-state index contributed by atoms with van der Waals surface area (Å²) in [6, 6.07) is 0. The molecule has 18 heavy (non-hydrogen) atoms. The van der Waals surface area contributed by atoms with Crippen molar-refractivity contribution in [3.05, 3.63) is 29.7 Å². The van der Waals surface area contributed by atoms with Gasteiger partial charge in [0.15, 0.2) is 0 Å². The molecule has 0 radical (unpaired) electrons. The SMILES string of the molecule is CC1=C(C)SC(=C2Sc3c(c(C)n(C)c3C)S2)S1. The van der Waals surface area contributed by atoms with Crippen molar-refractivity contribution in [2.75, 3.05) is 0 Å². The normalized spacial score (nSPS) is 19.2. The zero-order chi connectivity index (χ0) is 13.0. The number of hydrogen-bond acceptors (Lipinski definition) is 4. The van der Waals surface area contributed by atoms with Crippen molar-refractivity contribution in [2.24, 2.45) is 7.05 Å². The van der Waals surface area contributed by atoms with Gasteiger partial charge >= 0.3 is 0 Å². The van der Waals surface area contributed by atoms with Crippen LogP contribution in [0.2, 0.25) is 0 Å². The Bertz CT molecular complexity index is 559. The highest BCUT2D eigenvalue weighted by Gasteiger charge is 2.30. The summed E-state index contributed by atoms with van der Waals surface area (Å²) >= 11 is 7.77. The second-order valence-electron chi connectivity index (χ2n) is 4.48. The molecular formula is C13H15NS4. The van der Waals surface area contributed by atoms with Crippen molar-refractivity contribution in [2.45, 2.75) is 37.5 Å². The van der Waals surface area contributed by atoms with Crippen molar-refractivity contribution in [1.29, 1.82) is 0 Å². The van der Waals surface area contributed by atoms with Gasteiger partial charge in [-0.2, -0.15) is 0 Å². The van der Waals surface area contributed by atoms with E-state index in [0.717, 1.165) is 0 Å². The molecule has 96 valence electrons. The number of aromatic nitrogens is 1. The highest BCUT2D eigenvalue weighted by molar-refractivity contribution is 8.32. The van der Waals surface area contributed by atoms with E-state index in [1.807, 2.05) is 47.0 Å². The first kappa shape index (κ1) is 13.2. The Kier molecular flexibility index (Phi) is 3.37. The van der Waals surface area contributed by atoms with Crippen LogP contribution in [0, 0.1) is 13.8 Å². The minimum atomic E-state index is 1.39. The summed E-state index contributed by atoms with van der Waals surface area (Å²) < 4.78 is 5.24. The van der Waals surface area contributed by atoms with Crippen LogP contribution in [-0.4, -0.2) is 4.57 Å². The third kappa shape index (κ3) is 1.90. The van der Waals surface area contributed by atoms with Crippen LogP contribution in [0.5, 0.6) is 0 Å². The van der Waals surface area contributed by atoms with Crippen molar-refractivity contribution in [3.8, 4) is 0 Å². The quantitative estimate of drug-likeness (QED) is 0.605. The lowest BCUT2D eigenvalue weighted by Crippen LogP contribution is -1.93. The smallest absolute Gasteiger partial charge is 0.0707 e. The molecule has 0 aromatic carbocycles. The molecule has 1 aromatic heterocycles. The van der Waals surface area contributed by atoms with Crippen LogP contribution in [0.3, 0.4) is 0 Å². The summed E-state index contributed by atoms with van der Waals surface area (Å²) in [6.45, 7) is 8.87. The van der Waals surface area contributed by atoms with Gasteiger partial charge in [0.25, 0.3) is 0 Å². The van der Waals surface area contributed by atoms with Crippen LogP contribution in [0.15, 0.2) is 28.1 Å². The maximum Gasteiger partial charge on any atom is 0.0707 e. The second kappa shape index (κ2) is 4.62. The van der Waals surface area contributed by atoms with E-state index in [-0.39, 0.29) is 0 Å². The molecule has 0 spiro atoms. The van der Waals surface area contributed by atoms with Crippen LogP contribution in [0.1, 0.15) is 25.2 Å². The molecule has 0 aliphatic carbocycles. The molecule has 0 N–H and O–H groups in total. The van der Waals surface area contributed by atoms with Crippen molar-refractivity contribution < 1.29 is 0 Å². The zero-order valence-electron chi connectivity index (χ0n) is 11.1. The molecule has 3 heterocycles. The summed E-state index contributed by atoms with van der Waals surface area (Å²) in [5.41, 5.74) is 2.79. The molecule has 2 aliphatic rings. The molecule has 2 aliphatic heterocycles. The van der Waals surface area contributed by atoms with Crippen molar-refractivity contribution >= 4 is 47.0 Å². The van der Waals surface area contributed by atoms with Crippen LogP contribution < -0.4 is 0 Å². The first-order valence-electron chi connectivity index (χ1n) is 5.78. The minimum Gasteiger partial charge on any atom is -0.350 e. The average Bonchev–Trinajstić information content (AvgIpc) is 2.95. The summed E-state index contributed by atoms with van der Waals surface area (Å²) in [5.74, 6) is 0. The fourth-order valence-electron chi connectivity index (χ4n) is 1.94. The van der Waals surface area contributed by atoms with Gasteiger partial charge in [0.2, 0.25) is 0 Å². The van der Waals surface area contributed by atoms with Gasteiger partial charge in [-0.15, -0.1) is 0 Å². The van der Waals surface area contributed by atoms with E-state index >= 15 is 0 Å². The first-order chi connectivity index (χ1) is 8.49. The molecule has 5 heteroatoms. The van der Waals surface area contributed by atoms with Crippen LogP contribution >= 0.6 is 47.0 Å². The molecule has 0 saturated heterocycles. The van der Waals surface area contributed by atoms with Gasteiger partial charge in [-0.25, -0.2) is 0 Å². The maximum absolute atomic E-state index is 2.30. The zero-order valence-corrected chi connectivity index (χ0v) is 14.3. The molecule has 0 bridgehead atoms. The van der Waals surface area contributed by atoms with Crippen LogP contribution in [0.4, 0.5) is 0 Å². The third-order valence-corrected chi connectivity index (χ3v) is 9.38. The number of nitrogens with zero attached hydrogens (tertiary/aromatic N) is 1. The van der Waals surface area contributed by atoms with E-state index in [9.17, 15) is 0 Å². The van der Waals surface area contributed by atoms with Gasteiger partial charge in [0.1, 0.15) is 0 Å². The van der Waals surface area contributed by atoms with E-state index in [1.54, 1.807) is 0 Å². The molecule has 0 amide bonds. The Morgan fingerprint density at radius 1 is 0.667 bits per heavy atom. The molecule has 0 saturated carbocycles. The van der Waals surface area contributed by atoms with E-state index in [1.165, 1.54) is 39.5 Å². The Morgan fingerprint density at radius 2 is 1.06 bits per heavy atom. The lowest BCUT2D eigenvalue weighted by molar-refractivity contribution is 0.830. The molecule has 0 atom stereocenters. The van der Waals surface area contributed by atoms with Gasteiger partial charge < -0.3 is 4.57 Å². The molecule has 1 aromatic rings. The third-order valence-electron chi connectivity index (χ3n) is 3.41. The van der Waals surface area contributed by atoms with E-state index in [0.29, 0.717) is 0 Å². The fraction of sp³-hybridized carbons (Fsp3) is 0.385. The van der Waals surface area contributed by atoms with Crippen LogP contribution in [0.25, 0.3) is 0 Å². The first-order valence-corrected chi connectivity index (χ1v) is 9.04. The fourth-order valence-corrected chi connectivity index (χ4v) is 7.62. The van der Waals surface area contributed by atoms with Gasteiger partial charge in [-0.3, -0.25) is 0 Å². The lowest BCUT2D eigenvalue weighted by atomic mass is 10.4. The topological polar surface area (TPSA) is 4.93 Å². The summed E-state index contributed by atoms with van der Waals surface area (Å²) in [5, 5.41) is 0. The maximum atomic E-state index is 2.30. The molecule has 1 nitrogen and oxygen atoms in total. The monoisotopic (exact) mass is 313 g/mol. The lowest BCUT2D eigenvalue weighted by Gasteiger charge is -2.05. The Balaban J connectivity index is 1.96. The largest absolute Gasteiger partial charge is 0.350 e. The predicted molar refractivity (Wildman–Crippen MR) is 87.2 cm³/mol. The Labute approximate surface area is 125 Å². The second-order valence-corrected chi connectivity index (χ2v) is 9.49. The summed E-state index contributed by atoms with van der Waals surface area (Å²) in [6.07, 6.45) is 0. The number of thioether (sulfide) groups is 4. The Hall–Kier alpha value is 0.160. The van der Waals surface area contributed by atoms with Gasteiger partial charge in [0, 0.05) is 28.2 Å². The predicted octanol–water partition coefficient (Wildman–Crippen LogP) is 5.70. The Morgan fingerprint density at radius 3 is 1.50 bits per heavy atom. The van der Waals surface area contributed by atoms with Crippen LogP contribution in [-0.2, 0) is 7.05 Å². The number of rotatable bonds is 0. The number of fused-ring (bicyclic) bond motifs is 1. The molecule has 0 unspecified atom stereocenters. The van der Waals surface area contributed by atoms with Gasteiger partial charge in [-0.1, -0.05) is 47.0 Å². The van der Waals surface area contributed by atoms with E-state index in [4.69, 9.17) is 0 Å². The van der Waals surface area contributed by atoms with E-state index < -0.39 is 0 Å². The number of allylic oxidation sites excluding steroid dienone is 2. The van der Waals surface area contributed by atoms with Crippen molar-refractivity contribution in [3.63, 3.8) is 0 Å². The highest BCUT2D eigenvalue weighted by atomic mass is 32.2. The average molecular weight is 314 g/mol. The van der Waals surface area contributed by atoms with Gasteiger partial charge in [-0.05, 0) is 37.5 Å². The van der Waals surface area contributed by atoms with E-state index in [2.05, 4.69) is 39.3 Å².